The molecule has 0 amide bonds. The molecule has 2 aromatic carbocycles. The van der Waals surface area contributed by atoms with Gasteiger partial charge >= 0.3 is 0 Å². The van der Waals surface area contributed by atoms with Crippen LogP contribution in [0.5, 0.6) is 0 Å². The summed E-state index contributed by atoms with van der Waals surface area (Å²) in [5, 5.41) is 7.78. The number of hydrogen-bond donors (Lipinski definition) is 1. The number of nitrogens with one attached hydrogen (secondary N) is 1. The molecule has 0 fully saturated rings. The number of rotatable bonds is 5. The lowest BCUT2D eigenvalue weighted by atomic mass is 10.1. The zero-order valence-corrected chi connectivity index (χ0v) is 13.2. The number of aromatic nitrogens is 2. The number of nitrogens with zero attached hydrogens (tertiary/aromatic N) is 2. The highest BCUT2D eigenvalue weighted by molar-refractivity contribution is 6.30. The van der Waals surface area contributed by atoms with Crippen LogP contribution in [0.3, 0.4) is 0 Å². The van der Waals surface area contributed by atoms with Gasteiger partial charge in [0.15, 0.2) is 5.78 Å². The van der Waals surface area contributed by atoms with Gasteiger partial charge in [0.2, 0.25) is 11.7 Å². The van der Waals surface area contributed by atoms with Crippen molar-refractivity contribution in [2.45, 2.75) is 13.5 Å². The molecule has 1 N–H and O–H groups in total. The number of carbonyl (C=O) groups excluding carboxylic acids is 1. The Morgan fingerprint density at radius 2 is 1.83 bits per heavy atom. The van der Waals surface area contributed by atoms with Gasteiger partial charge in [-0.2, -0.15) is 4.98 Å². The van der Waals surface area contributed by atoms with Gasteiger partial charge in [-0.15, -0.1) is 0 Å². The molecule has 1 aromatic heterocycles. The molecule has 116 valence electrons. The molecule has 3 rings (SSSR count). The Labute approximate surface area is 138 Å². The first-order valence-corrected chi connectivity index (χ1v) is 7.43. The van der Waals surface area contributed by atoms with E-state index in [9.17, 15) is 4.79 Å². The maximum atomic E-state index is 11.2. The largest absolute Gasteiger partial charge is 0.376 e. The monoisotopic (exact) mass is 327 g/mol. The van der Waals surface area contributed by atoms with Crippen molar-refractivity contribution in [2.24, 2.45) is 0 Å². The summed E-state index contributed by atoms with van der Waals surface area (Å²) in [6.07, 6.45) is 0. The predicted octanol–water partition coefficient (Wildman–Crippen LogP) is 4.20. The first kappa shape index (κ1) is 15.2. The summed E-state index contributed by atoms with van der Waals surface area (Å²) in [5.41, 5.74) is 2.40. The smallest absolute Gasteiger partial charge is 0.246 e. The van der Waals surface area contributed by atoms with E-state index >= 15 is 0 Å². The fraction of sp³-hybridized carbons (Fsp3) is 0.118. The van der Waals surface area contributed by atoms with Crippen molar-refractivity contribution in [3.05, 3.63) is 65.0 Å². The molecule has 0 aliphatic rings. The fourth-order valence-corrected chi connectivity index (χ4v) is 2.17. The summed E-state index contributed by atoms with van der Waals surface area (Å²) in [7, 11) is 0. The molecule has 0 saturated carbocycles. The van der Waals surface area contributed by atoms with Gasteiger partial charge in [-0.3, -0.25) is 4.79 Å². The maximum absolute atomic E-state index is 11.2. The molecule has 0 aliphatic carbocycles. The SMILES string of the molecule is CC(=O)c1ccc(NCc2nc(-c3ccc(Cl)cc3)no2)cc1. The van der Waals surface area contributed by atoms with E-state index in [4.69, 9.17) is 16.1 Å². The third-order valence-electron chi connectivity index (χ3n) is 3.31. The third kappa shape index (κ3) is 3.76. The van der Waals surface area contributed by atoms with Crippen molar-refractivity contribution in [3.63, 3.8) is 0 Å². The van der Waals surface area contributed by atoms with Crippen LogP contribution >= 0.6 is 11.6 Å². The predicted molar refractivity (Wildman–Crippen MR) is 88.5 cm³/mol. The van der Waals surface area contributed by atoms with E-state index in [-0.39, 0.29) is 5.78 Å². The Morgan fingerprint density at radius 1 is 1.13 bits per heavy atom. The van der Waals surface area contributed by atoms with Gasteiger partial charge in [0.05, 0.1) is 6.54 Å². The Morgan fingerprint density at radius 3 is 2.48 bits per heavy atom. The van der Waals surface area contributed by atoms with Gasteiger partial charge in [-0.1, -0.05) is 16.8 Å². The molecule has 0 radical (unpaired) electrons. The molecule has 1 heterocycles. The van der Waals surface area contributed by atoms with Crippen LogP contribution in [0.4, 0.5) is 5.69 Å². The highest BCUT2D eigenvalue weighted by Gasteiger charge is 2.08. The molecule has 0 bridgehead atoms. The van der Waals surface area contributed by atoms with Gasteiger partial charge in [0.25, 0.3) is 0 Å². The Kier molecular flexibility index (Phi) is 4.39. The minimum absolute atomic E-state index is 0.0426. The minimum Gasteiger partial charge on any atom is -0.376 e. The zero-order valence-electron chi connectivity index (χ0n) is 12.4. The highest BCUT2D eigenvalue weighted by atomic mass is 35.5. The summed E-state index contributed by atoms with van der Waals surface area (Å²) >= 11 is 5.86. The van der Waals surface area contributed by atoms with Crippen LogP contribution < -0.4 is 5.32 Å². The van der Waals surface area contributed by atoms with E-state index in [1.54, 1.807) is 31.2 Å². The van der Waals surface area contributed by atoms with Gasteiger partial charge in [-0.05, 0) is 55.5 Å². The van der Waals surface area contributed by atoms with E-state index in [1.165, 1.54) is 0 Å². The molecule has 5 nitrogen and oxygen atoms in total. The van der Waals surface area contributed by atoms with Gasteiger partial charge in [0, 0.05) is 21.8 Å². The molecule has 0 aliphatic heterocycles. The van der Waals surface area contributed by atoms with Crippen molar-refractivity contribution in [1.29, 1.82) is 0 Å². The molecule has 0 spiro atoms. The highest BCUT2D eigenvalue weighted by Crippen LogP contribution is 2.19. The number of hydrogen-bond acceptors (Lipinski definition) is 5. The van der Waals surface area contributed by atoms with Crippen LogP contribution in [0.1, 0.15) is 23.2 Å². The summed E-state index contributed by atoms with van der Waals surface area (Å²) in [6.45, 7) is 1.94. The third-order valence-corrected chi connectivity index (χ3v) is 3.56. The average Bonchev–Trinajstić information content (AvgIpc) is 3.03. The van der Waals surface area contributed by atoms with E-state index in [2.05, 4.69) is 15.5 Å². The Hall–Kier alpha value is -2.66. The normalized spacial score (nSPS) is 10.5. The van der Waals surface area contributed by atoms with E-state index < -0.39 is 0 Å². The van der Waals surface area contributed by atoms with E-state index in [1.807, 2.05) is 24.3 Å². The lowest BCUT2D eigenvalue weighted by Crippen LogP contribution is -2.00. The van der Waals surface area contributed by atoms with Gasteiger partial charge in [-0.25, -0.2) is 0 Å². The second-order valence-electron chi connectivity index (χ2n) is 5.01. The quantitative estimate of drug-likeness (QED) is 0.711. The molecule has 3 aromatic rings. The van der Waals surface area contributed by atoms with Crippen LogP contribution in [0.15, 0.2) is 53.1 Å². The number of anilines is 1. The summed E-state index contributed by atoms with van der Waals surface area (Å²) in [4.78, 5) is 15.6. The summed E-state index contributed by atoms with van der Waals surface area (Å²) < 4.78 is 5.22. The second-order valence-corrected chi connectivity index (χ2v) is 5.44. The fourth-order valence-electron chi connectivity index (χ4n) is 2.04. The molecular formula is C17H14ClN3O2. The maximum Gasteiger partial charge on any atom is 0.246 e. The zero-order chi connectivity index (χ0) is 16.2. The van der Waals surface area contributed by atoms with Crippen molar-refractivity contribution >= 4 is 23.1 Å². The number of halogens is 1. The number of carbonyl (C=O) groups is 1. The molecular weight excluding hydrogens is 314 g/mol. The molecule has 0 unspecified atom stereocenters. The lowest BCUT2D eigenvalue weighted by molar-refractivity contribution is 0.101. The lowest BCUT2D eigenvalue weighted by Gasteiger charge is -2.03. The van der Waals surface area contributed by atoms with Crippen LogP contribution in [-0.4, -0.2) is 15.9 Å². The first-order valence-electron chi connectivity index (χ1n) is 7.05. The molecule has 6 heteroatoms. The minimum atomic E-state index is 0.0426. The van der Waals surface area contributed by atoms with E-state index in [0.717, 1.165) is 11.3 Å². The van der Waals surface area contributed by atoms with Crippen LogP contribution in [0.25, 0.3) is 11.4 Å². The number of ketones is 1. The van der Waals surface area contributed by atoms with Crippen LogP contribution in [-0.2, 0) is 6.54 Å². The molecule has 23 heavy (non-hydrogen) atoms. The number of benzene rings is 2. The Bertz CT molecular complexity index is 811. The van der Waals surface area contributed by atoms with Gasteiger partial charge < -0.3 is 9.84 Å². The van der Waals surface area contributed by atoms with Crippen molar-refractivity contribution in [2.75, 3.05) is 5.32 Å². The Balaban J connectivity index is 1.65. The number of Topliss-reactive ketones (excluding diaryl/α,β-unsaturated/α-hetero) is 1. The second kappa shape index (κ2) is 6.62. The van der Waals surface area contributed by atoms with Gasteiger partial charge in [0.1, 0.15) is 0 Å². The summed E-state index contributed by atoms with van der Waals surface area (Å²) in [6, 6.07) is 14.5. The topological polar surface area (TPSA) is 68.0 Å². The molecule has 0 saturated heterocycles. The van der Waals surface area contributed by atoms with Crippen molar-refractivity contribution in [3.8, 4) is 11.4 Å². The van der Waals surface area contributed by atoms with E-state index in [0.29, 0.717) is 28.8 Å². The average molecular weight is 328 g/mol. The van der Waals surface area contributed by atoms with Crippen LogP contribution in [0, 0.1) is 0 Å². The summed E-state index contributed by atoms with van der Waals surface area (Å²) in [5.74, 6) is 1.04. The van der Waals surface area contributed by atoms with Crippen LogP contribution in [0.2, 0.25) is 5.02 Å². The van der Waals surface area contributed by atoms with Crippen molar-refractivity contribution < 1.29 is 9.32 Å². The van der Waals surface area contributed by atoms with Crippen molar-refractivity contribution in [1.82, 2.24) is 10.1 Å². The molecule has 0 atom stereocenters. The standard InChI is InChI=1S/C17H14ClN3O2/c1-11(22)12-4-8-15(9-5-12)19-10-16-20-17(21-23-16)13-2-6-14(18)7-3-13/h2-9,19H,10H2,1H3. The first-order chi connectivity index (χ1) is 11.1.